The van der Waals surface area contributed by atoms with Crippen molar-refractivity contribution in [1.29, 1.82) is 0 Å². The van der Waals surface area contributed by atoms with Gasteiger partial charge < -0.3 is 103 Å². The minimum absolute atomic E-state index is 0.109. The van der Waals surface area contributed by atoms with Crippen molar-refractivity contribution in [1.82, 2.24) is 72.7 Å². The molecule has 5 saturated heterocycles. The summed E-state index contributed by atoms with van der Waals surface area (Å²) < 4.78 is 52.4. The third-order valence-corrected chi connectivity index (χ3v) is 30.5. The zero-order chi connectivity index (χ0) is 91.8. The molecule has 0 bridgehead atoms. The van der Waals surface area contributed by atoms with Crippen molar-refractivity contribution in [2.75, 3.05) is 126 Å². The molecule has 0 amide bonds. The number of unbranched alkanes of at least 4 members (excludes halogenated alkanes) is 1. The summed E-state index contributed by atoms with van der Waals surface area (Å²) in [5, 5.41) is 105. The minimum Gasteiger partial charge on any atom is -0.397 e. The molecule has 15 heterocycles. The van der Waals surface area contributed by atoms with E-state index in [2.05, 4.69) is 178 Å². The molecular weight excluding hydrogens is 1790 g/mol. The van der Waals surface area contributed by atoms with E-state index in [9.17, 15) is 55.5 Å². The van der Waals surface area contributed by atoms with Crippen LogP contribution in [-0.2, 0) is 36.5 Å². The number of nitrogen functional groups attached to an aromatic ring is 5. The highest BCUT2D eigenvalue weighted by atomic mass is 79.9. The van der Waals surface area contributed by atoms with Crippen LogP contribution < -0.4 is 28.7 Å². The Morgan fingerprint density at radius 2 is 0.608 bits per heavy atom. The Morgan fingerprint density at radius 3 is 0.912 bits per heavy atom. The van der Waals surface area contributed by atoms with E-state index >= 15 is 0 Å². The molecule has 690 valence electrons. The highest BCUT2D eigenvalue weighted by Crippen LogP contribution is 2.48. The summed E-state index contributed by atoms with van der Waals surface area (Å²) in [6.45, 7) is 19.2. The molecule has 5 aliphatic heterocycles. The van der Waals surface area contributed by atoms with Gasteiger partial charge in [0.25, 0.3) is 6.08 Å². The lowest BCUT2D eigenvalue weighted by atomic mass is 10.1. The van der Waals surface area contributed by atoms with Crippen molar-refractivity contribution in [2.24, 2.45) is 0 Å². The van der Waals surface area contributed by atoms with Crippen LogP contribution in [0.25, 0.3) is 55.8 Å². The van der Waals surface area contributed by atoms with Gasteiger partial charge in [-0.1, -0.05) is 20.3 Å². The monoisotopic (exact) mass is 1920 g/mol. The maximum atomic E-state index is 14.3. The topological polar surface area (TPSA) is 532 Å². The number of rotatable bonds is 25. The van der Waals surface area contributed by atoms with Crippen LogP contribution in [0.5, 0.6) is 0 Å². The number of aliphatic hydroxyl groups is 10. The molecule has 43 heteroatoms. The molecule has 0 aromatic carbocycles. The molecule has 125 heavy (non-hydrogen) atoms. The van der Waals surface area contributed by atoms with Crippen LogP contribution >= 0.6 is 62.0 Å². The second-order valence-electron chi connectivity index (χ2n) is 36.2. The fourth-order valence-corrected chi connectivity index (χ4v) is 21.0. The van der Waals surface area contributed by atoms with E-state index in [-0.39, 0.29) is 22.1 Å². The van der Waals surface area contributed by atoms with Crippen LogP contribution in [0.15, 0.2) is 66.0 Å². The summed E-state index contributed by atoms with van der Waals surface area (Å²) in [5.74, 6) is 1.54. The van der Waals surface area contributed by atoms with E-state index in [1.165, 1.54) is 23.0 Å². The predicted octanol–water partition coefficient (Wildman–Crippen LogP) is 7.51. The van der Waals surface area contributed by atoms with Crippen molar-refractivity contribution >= 4 is 178 Å². The number of pyridine rings is 5. The number of anilines is 5. The van der Waals surface area contributed by atoms with E-state index in [1.54, 1.807) is 52.0 Å². The summed E-state index contributed by atoms with van der Waals surface area (Å²) in [5.41, 5.74) is 36.7. The fourth-order valence-electron chi connectivity index (χ4n) is 15.5. The molecule has 0 saturated carbocycles. The number of aromatic nitrogens is 15. The summed E-state index contributed by atoms with van der Waals surface area (Å²) in [6.07, 6.45) is 22.5. The van der Waals surface area contributed by atoms with Crippen LogP contribution in [0.2, 0.25) is 5.28 Å². The highest BCUT2D eigenvalue weighted by Gasteiger charge is 2.50. The zero-order valence-electron chi connectivity index (χ0n) is 72.9. The third kappa shape index (κ3) is 23.2. The standard InChI is InChI=1S/C19H31N4O3P.C18H29N4O3P.C15H22BrN4O3P.C15H22ClN4O3P.C15H22FN4O3P/c1-5-6-7-14-22-15-12(20)8-10-21-18(15)23(14)19-17(25)16(24)13(26-19)9-11-27(2,3)4;1-5-6-13-21-14-11(19)7-9-20-17(14)22(13)18-16(24)15(23)12(25-18)8-10-26(2,3)4;3*1-24(2,3)7-5-9-11(21)12(22)14(23-9)20-13-10(19-15(20)16)8(17)4-6-18-13/h8,10,13,16-17,19,24-25H,2,5-7,9,11H2,1,3-4H3,(H2,20,21);7,9,12,15-16,18,23-24H,2,5-6,8,10H2,1,3-4H3,(H2,19,20);3*4,6,9,11-12,14,21-22H,1,5,7H2,2-3H3,(H2,17,18)/t13-,16-,17-,19-;12-,15-,16-,18-;3*9-,11-,12-,14-/m11111/s1. The van der Waals surface area contributed by atoms with Gasteiger partial charge in [-0.05, 0) is 200 Å². The first kappa shape index (κ1) is 99.3. The first-order valence-electron chi connectivity index (χ1n) is 41.5. The number of hydrogen-bond donors (Lipinski definition) is 15. The number of hydrogen-bond acceptors (Lipinski definition) is 30. The minimum atomic E-state index is -1.29. The van der Waals surface area contributed by atoms with E-state index in [1.807, 2.05) is 4.57 Å². The van der Waals surface area contributed by atoms with Gasteiger partial charge in [0.2, 0.25) is 5.28 Å². The fraction of sp³-hybridized carbons (Fsp3) is 0.573. The van der Waals surface area contributed by atoms with Gasteiger partial charge in [-0.3, -0.25) is 22.8 Å². The largest absolute Gasteiger partial charge is 0.397 e. The number of nitrogens with zero attached hydrogens (tertiary/aromatic N) is 15. The lowest BCUT2D eigenvalue weighted by molar-refractivity contribution is -0.0413. The first-order valence-corrected chi connectivity index (χ1v) is 58.0. The van der Waals surface area contributed by atoms with Crippen LogP contribution in [0.1, 0.15) is 108 Å². The second kappa shape index (κ2) is 40.6. The Morgan fingerprint density at radius 1 is 0.360 bits per heavy atom. The molecule has 15 rings (SSSR count). The average Bonchev–Trinajstić information content (AvgIpc) is 1.65. The lowest BCUT2D eigenvalue weighted by Gasteiger charge is -2.20. The Bertz CT molecular complexity index is 5360. The van der Waals surface area contributed by atoms with Crippen LogP contribution in [-0.4, -0.2) is 344 Å². The zero-order valence-corrected chi connectivity index (χ0v) is 79.8. The van der Waals surface area contributed by atoms with Crippen molar-refractivity contribution in [3.63, 3.8) is 0 Å². The highest BCUT2D eigenvalue weighted by molar-refractivity contribution is 9.10. The van der Waals surface area contributed by atoms with Gasteiger partial charge in [0.05, 0.1) is 59.0 Å². The molecule has 20 N–H and O–H groups in total. The molecule has 0 unspecified atom stereocenters. The molecule has 5 fully saturated rings. The molecule has 0 aliphatic carbocycles. The predicted molar refractivity (Wildman–Crippen MR) is 511 cm³/mol. The van der Waals surface area contributed by atoms with Crippen molar-refractivity contribution in [3.8, 4) is 0 Å². The summed E-state index contributed by atoms with van der Waals surface area (Å²) >= 11 is 9.58. The Balaban J connectivity index is 0.000000152. The number of nitrogens with two attached hydrogens (primary N) is 5. The molecule has 35 nitrogen and oxygen atoms in total. The lowest BCUT2D eigenvalue weighted by Crippen LogP contribution is -2.32. The Hall–Kier alpha value is -6.30. The normalized spacial score (nSPS) is 27.2. The van der Waals surface area contributed by atoms with E-state index in [0.29, 0.717) is 111 Å². The van der Waals surface area contributed by atoms with Crippen molar-refractivity contribution < 1.29 is 79.1 Å². The molecule has 10 aromatic heterocycles. The number of aliphatic hydroxyl groups excluding tert-OH is 10. The van der Waals surface area contributed by atoms with Crippen molar-refractivity contribution in [2.45, 2.75) is 201 Å². The summed E-state index contributed by atoms with van der Waals surface area (Å²) in [6, 6.07) is 8.23. The molecule has 10 aromatic rings. The quantitative estimate of drug-likeness (QED) is 0.0246. The number of ether oxygens (including phenoxy) is 5. The molecule has 5 aliphatic rings. The molecule has 20 atom stereocenters. The molecule has 0 radical (unpaired) electrons. The number of imidazole rings is 5. The summed E-state index contributed by atoms with van der Waals surface area (Å²) in [4.78, 5) is 43.0. The van der Waals surface area contributed by atoms with Gasteiger partial charge in [0, 0.05) is 43.8 Å². The average molecular weight is 1920 g/mol. The van der Waals surface area contributed by atoms with Gasteiger partial charge in [0.15, 0.2) is 64.1 Å². The van der Waals surface area contributed by atoms with E-state index in [4.69, 9.17) is 64.0 Å². The molecule has 0 spiro atoms. The number of aryl methyl sites for hydroxylation is 2. The Labute approximate surface area is 741 Å². The number of halogens is 3. The smallest absolute Gasteiger partial charge is 0.293 e. The van der Waals surface area contributed by atoms with Gasteiger partial charge >= 0.3 is 0 Å². The van der Waals surface area contributed by atoms with Crippen molar-refractivity contribution in [3.05, 3.63) is 89.1 Å². The van der Waals surface area contributed by atoms with Gasteiger partial charge in [-0.2, -0.15) is 9.37 Å². The first-order chi connectivity index (χ1) is 58.5. The van der Waals surface area contributed by atoms with Gasteiger partial charge in [-0.15, -0.1) is 65.9 Å². The summed E-state index contributed by atoms with van der Waals surface area (Å²) in [7, 11) is 0. The van der Waals surface area contributed by atoms with Gasteiger partial charge in [-0.25, -0.2) is 44.9 Å². The maximum absolute atomic E-state index is 14.3. The van der Waals surface area contributed by atoms with Gasteiger partial charge in [0.1, 0.15) is 100 Å². The second-order valence-corrected chi connectivity index (χ2v) is 58.9. The van der Waals surface area contributed by atoms with Crippen LogP contribution in [0, 0.1) is 6.08 Å². The van der Waals surface area contributed by atoms with E-state index < -0.39 is 163 Å². The molecular formula is C82H126BrClFN20O15P5. The number of fused-ring (bicyclic) bond motifs is 5. The Kier molecular flexibility index (Phi) is 32.2. The SMILES string of the molecule is C=P(C)(C)CC[C@H]1O[C@@H](n2c(Br)nc3c(N)ccnc32)[C@H](O)[C@@H]1O.C=P(C)(C)CC[C@H]1O[C@@H](n2c(CCC)nc3c(N)ccnc32)[C@H](O)[C@@H]1O.C=P(C)(C)CC[C@H]1O[C@@H](n2c(CCCC)nc3c(N)ccnc32)[C@H](O)[C@@H]1O.C=P(C)(C)CC[C@H]1O[C@@H](n2c(Cl)nc3c(N)ccnc32)[C@H](O)[C@@H]1O.C=P(C)(C)CC[C@H]1O[C@@H](n2c(F)nc3c(N)ccnc32)[C@H](O)[C@@H]1O. The van der Waals surface area contributed by atoms with E-state index in [0.717, 1.165) is 72.7 Å². The van der Waals surface area contributed by atoms with Crippen LogP contribution in [0.4, 0.5) is 32.8 Å². The van der Waals surface area contributed by atoms with Crippen LogP contribution in [0.3, 0.4) is 0 Å². The third-order valence-electron chi connectivity index (χ3n) is 22.3. The maximum Gasteiger partial charge on any atom is 0.293 e.